The van der Waals surface area contributed by atoms with E-state index in [1.54, 1.807) is 18.6 Å². The van der Waals surface area contributed by atoms with Crippen LogP contribution in [0.3, 0.4) is 0 Å². The van der Waals surface area contributed by atoms with Crippen LogP contribution in [-0.4, -0.2) is 28.3 Å². The van der Waals surface area contributed by atoms with E-state index in [1.165, 1.54) is 12.8 Å². The highest BCUT2D eigenvalue weighted by Crippen LogP contribution is 2.37. The van der Waals surface area contributed by atoms with Gasteiger partial charge in [-0.15, -0.1) is 0 Å². The van der Waals surface area contributed by atoms with Crippen molar-refractivity contribution in [1.29, 1.82) is 0 Å². The standard InChI is InChI=1S/C18H27N3O2/c1-2-3-4-7-16-15(8-9-17(16)22)11-18(23)21-20-13-14-6-5-10-19-12-14/h5-6,10,12-13,15-17,22H,2-4,7-9,11H2,1H3,(H,21,23)/b20-13-/t15-,16+,17-/m1/s1. The highest BCUT2D eigenvalue weighted by Gasteiger charge is 2.35. The Morgan fingerprint density at radius 3 is 3.09 bits per heavy atom. The molecule has 5 heteroatoms. The first-order chi connectivity index (χ1) is 11.2. The minimum Gasteiger partial charge on any atom is -0.393 e. The minimum atomic E-state index is -0.247. The Morgan fingerprint density at radius 2 is 2.35 bits per heavy atom. The van der Waals surface area contributed by atoms with Gasteiger partial charge in [0.1, 0.15) is 0 Å². The zero-order chi connectivity index (χ0) is 16.5. The van der Waals surface area contributed by atoms with Crippen LogP contribution in [0.5, 0.6) is 0 Å². The summed E-state index contributed by atoms with van der Waals surface area (Å²) < 4.78 is 0. The molecule has 0 spiro atoms. The van der Waals surface area contributed by atoms with E-state index >= 15 is 0 Å². The monoisotopic (exact) mass is 317 g/mol. The number of hydrogen-bond donors (Lipinski definition) is 2. The van der Waals surface area contributed by atoms with Gasteiger partial charge < -0.3 is 5.11 Å². The summed E-state index contributed by atoms with van der Waals surface area (Å²) in [4.78, 5) is 16.0. The number of carbonyl (C=O) groups excluding carboxylic acids is 1. The molecule has 2 rings (SSSR count). The lowest BCUT2D eigenvalue weighted by atomic mass is 9.87. The number of unbranched alkanes of at least 4 members (excludes halogenated alkanes) is 2. The maximum atomic E-state index is 12.0. The van der Waals surface area contributed by atoms with E-state index in [9.17, 15) is 9.90 Å². The Kier molecular flexibility index (Phi) is 7.20. The summed E-state index contributed by atoms with van der Waals surface area (Å²) in [6.07, 6.45) is 11.4. The molecule has 1 saturated carbocycles. The summed E-state index contributed by atoms with van der Waals surface area (Å²) >= 11 is 0. The number of aromatic nitrogens is 1. The molecule has 1 aromatic heterocycles. The number of carbonyl (C=O) groups is 1. The van der Waals surface area contributed by atoms with Gasteiger partial charge in [-0.3, -0.25) is 9.78 Å². The number of hydrogen-bond acceptors (Lipinski definition) is 4. The Hall–Kier alpha value is -1.75. The van der Waals surface area contributed by atoms with Crippen LogP contribution in [0.25, 0.3) is 0 Å². The van der Waals surface area contributed by atoms with Crippen LogP contribution >= 0.6 is 0 Å². The van der Waals surface area contributed by atoms with Crippen LogP contribution in [0.15, 0.2) is 29.6 Å². The minimum absolute atomic E-state index is 0.0790. The van der Waals surface area contributed by atoms with Crippen molar-refractivity contribution in [3.8, 4) is 0 Å². The van der Waals surface area contributed by atoms with Crippen LogP contribution in [0.4, 0.5) is 0 Å². The van der Waals surface area contributed by atoms with Gasteiger partial charge in [0.25, 0.3) is 0 Å². The van der Waals surface area contributed by atoms with E-state index in [2.05, 4.69) is 22.4 Å². The first-order valence-corrected chi connectivity index (χ1v) is 8.60. The second-order valence-corrected chi connectivity index (χ2v) is 6.35. The van der Waals surface area contributed by atoms with Gasteiger partial charge in [-0.25, -0.2) is 5.43 Å². The zero-order valence-electron chi connectivity index (χ0n) is 13.8. The SMILES string of the molecule is CCCCC[C@H]1[C@@H](CC(=O)N/N=C\c2cccnc2)CC[C@H]1O. The Labute approximate surface area is 138 Å². The summed E-state index contributed by atoms with van der Waals surface area (Å²) in [7, 11) is 0. The van der Waals surface area contributed by atoms with Crippen molar-refractivity contribution in [3.63, 3.8) is 0 Å². The molecule has 1 heterocycles. The first-order valence-electron chi connectivity index (χ1n) is 8.60. The zero-order valence-corrected chi connectivity index (χ0v) is 13.8. The lowest BCUT2D eigenvalue weighted by Crippen LogP contribution is -2.25. The molecule has 0 unspecified atom stereocenters. The quantitative estimate of drug-likeness (QED) is 0.440. The van der Waals surface area contributed by atoms with Gasteiger partial charge >= 0.3 is 0 Å². The average molecular weight is 317 g/mol. The number of aliphatic hydroxyl groups is 1. The fourth-order valence-electron chi connectivity index (χ4n) is 3.35. The largest absolute Gasteiger partial charge is 0.393 e. The number of nitrogens with one attached hydrogen (secondary N) is 1. The molecule has 0 bridgehead atoms. The number of rotatable bonds is 8. The van der Waals surface area contributed by atoms with Gasteiger partial charge in [0.05, 0.1) is 12.3 Å². The van der Waals surface area contributed by atoms with Gasteiger partial charge in [-0.05, 0) is 37.2 Å². The number of pyridine rings is 1. The molecule has 23 heavy (non-hydrogen) atoms. The molecule has 1 aliphatic carbocycles. The third-order valence-corrected chi connectivity index (χ3v) is 4.61. The molecule has 1 aromatic rings. The van der Waals surface area contributed by atoms with E-state index in [0.29, 0.717) is 6.42 Å². The molecule has 1 amide bonds. The highest BCUT2D eigenvalue weighted by atomic mass is 16.3. The van der Waals surface area contributed by atoms with E-state index in [4.69, 9.17) is 0 Å². The molecule has 126 valence electrons. The smallest absolute Gasteiger partial charge is 0.240 e. The van der Waals surface area contributed by atoms with Crippen molar-refractivity contribution in [1.82, 2.24) is 10.4 Å². The van der Waals surface area contributed by atoms with Gasteiger partial charge in [0.15, 0.2) is 0 Å². The molecule has 1 aliphatic rings. The molecule has 0 radical (unpaired) electrons. The molecular weight excluding hydrogens is 290 g/mol. The molecule has 0 aliphatic heterocycles. The molecule has 2 N–H and O–H groups in total. The van der Waals surface area contributed by atoms with Crippen LogP contribution in [0.1, 0.15) is 57.4 Å². The Morgan fingerprint density at radius 1 is 1.48 bits per heavy atom. The maximum absolute atomic E-state index is 12.0. The molecule has 5 nitrogen and oxygen atoms in total. The van der Waals surface area contributed by atoms with Gasteiger partial charge in [-0.2, -0.15) is 5.10 Å². The van der Waals surface area contributed by atoms with Crippen LogP contribution < -0.4 is 5.43 Å². The molecule has 1 fully saturated rings. The Bertz CT molecular complexity index is 504. The fraction of sp³-hybridized carbons (Fsp3) is 0.611. The molecular formula is C18H27N3O2. The van der Waals surface area contributed by atoms with E-state index < -0.39 is 0 Å². The summed E-state index contributed by atoms with van der Waals surface area (Å²) in [6, 6.07) is 3.70. The van der Waals surface area contributed by atoms with Crippen molar-refractivity contribution in [2.24, 2.45) is 16.9 Å². The number of hydrazone groups is 1. The number of amides is 1. The topological polar surface area (TPSA) is 74.6 Å². The Balaban J connectivity index is 1.78. The lowest BCUT2D eigenvalue weighted by molar-refractivity contribution is -0.122. The first kappa shape index (κ1) is 17.6. The lowest BCUT2D eigenvalue weighted by Gasteiger charge is -2.21. The van der Waals surface area contributed by atoms with Gasteiger partial charge in [0.2, 0.25) is 5.91 Å². The van der Waals surface area contributed by atoms with Crippen molar-refractivity contribution < 1.29 is 9.90 Å². The van der Waals surface area contributed by atoms with E-state index in [1.807, 2.05) is 12.1 Å². The van der Waals surface area contributed by atoms with Crippen molar-refractivity contribution in [2.45, 2.75) is 58.0 Å². The van der Waals surface area contributed by atoms with Crippen molar-refractivity contribution in [3.05, 3.63) is 30.1 Å². The third kappa shape index (κ3) is 5.75. The predicted molar refractivity (Wildman–Crippen MR) is 91.0 cm³/mol. The molecule has 3 atom stereocenters. The molecule has 0 saturated heterocycles. The van der Waals surface area contributed by atoms with Crippen LogP contribution in [0, 0.1) is 11.8 Å². The van der Waals surface area contributed by atoms with Crippen molar-refractivity contribution >= 4 is 12.1 Å². The van der Waals surface area contributed by atoms with Crippen molar-refractivity contribution in [2.75, 3.05) is 0 Å². The summed E-state index contributed by atoms with van der Waals surface area (Å²) in [5.74, 6) is 0.454. The third-order valence-electron chi connectivity index (χ3n) is 4.61. The molecule has 0 aromatic carbocycles. The fourth-order valence-corrected chi connectivity index (χ4v) is 3.35. The van der Waals surface area contributed by atoms with Crippen LogP contribution in [-0.2, 0) is 4.79 Å². The number of nitrogens with zero attached hydrogens (tertiary/aromatic N) is 2. The predicted octanol–water partition coefficient (Wildman–Crippen LogP) is 2.89. The normalized spacial score (nSPS) is 24.2. The van der Waals surface area contributed by atoms with Crippen LogP contribution in [0.2, 0.25) is 0 Å². The van der Waals surface area contributed by atoms with E-state index in [-0.39, 0.29) is 23.8 Å². The average Bonchev–Trinajstić information content (AvgIpc) is 2.89. The summed E-state index contributed by atoms with van der Waals surface area (Å²) in [6.45, 7) is 2.18. The highest BCUT2D eigenvalue weighted by molar-refractivity contribution is 5.82. The number of aliphatic hydroxyl groups excluding tert-OH is 1. The second-order valence-electron chi connectivity index (χ2n) is 6.35. The van der Waals surface area contributed by atoms with Gasteiger partial charge in [0, 0.05) is 24.4 Å². The van der Waals surface area contributed by atoms with Gasteiger partial charge in [-0.1, -0.05) is 32.3 Å². The maximum Gasteiger partial charge on any atom is 0.240 e. The van der Waals surface area contributed by atoms with E-state index in [0.717, 1.165) is 31.2 Å². The second kappa shape index (κ2) is 9.40. The summed E-state index contributed by atoms with van der Waals surface area (Å²) in [5.41, 5.74) is 3.43. The summed E-state index contributed by atoms with van der Waals surface area (Å²) in [5, 5.41) is 14.1.